The van der Waals surface area contributed by atoms with Crippen LogP contribution < -0.4 is 10.6 Å². The number of likely N-dealkylation sites (N-methyl/N-ethyl adjacent to an activating group) is 1. The summed E-state index contributed by atoms with van der Waals surface area (Å²) in [7, 11) is 5.07. The van der Waals surface area contributed by atoms with E-state index in [1.807, 2.05) is 14.0 Å². The second-order valence-electron chi connectivity index (χ2n) is 4.31. The Morgan fingerprint density at radius 3 is 2.50 bits per heavy atom. The quantitative estimate of drug-likeness (QED) is 0.636. The van der Waals surface area contributed by atoms with Gasteiger partial charge < -0.3 is 20.1 Å². The Balaban J connectivity index is 2.52. The zero-order valence-electron chi connectivity index (χ0n) is 10.4. The van der Waals surface area contributed by atoms with E-state index in [4.69, 9.17) is 9.47 Å². The number of hydrogen-bond donors (Lipinski definition) is 2. The minimum Gasteiger partial charge on any atom is -0.354 e. The van der Waals surface area contributed by atoms with Crippen LogP contribution in [0.1, 0.15) is 19.8 Å². The lowest BCUT2D eigenvalue weighted by Crippen LogP contribution is -2.42. The topological polar surface area (TPSA) is 59.6 Å². The van der Waals surface area contributed by atoms with Crippen molar-refractivity contribution >= 4 is 5.91 Å². The Hall–Kier alpha value is -0.650. The van der Waals surface area contributed by atoms with Crippen molar-refractivity contribution in [3.63, 3.8) is 0 Å². The van der Waals surface area contributed by atoms with Crippen molar-refractivity contribution in [3.8, 4) is 0 Å². The maximum Gasteiger partial charge on any atom is 0.223 e. The summed E-state index contributed by atoms with van der Waals surface area (Å²) < 4.78 is 10.4. The number of carbonyl (C=O) groups is 1. The average molecular weight is 230 g/mol. The minimum absolute atomic E-state index is 0.0380. The van der Waals surface area contributed by atoms with E-state index in [1.165, 1.54) is 0 Å². The minimum atomic E-state index is -0.311. The van der Waals surface area contributed by atoms with E-state index in [-0.39, 0.29) is 30.2 Å². The zero-order valence-corrected chi connectivity index (χ0v) is 10.4. The van der Waals surface area contributed by atoms with Gasteiger partial charge in [0.1, 0.15) is 0 Å². The largest absolute Gasteiger partial charge is 0.354 e. The molecule has 1 aliphatic rings. The van der Waals surface area contributed by atoms with E-state index in [1.54, 1.807) is 14.2 Å². The lowest BCUT2D eigenvalue weighted by atomic mass is 9.96. The fourth-order valence-corrected chi connectivity index (χ4v) is 2.25. The maximum absolute atomic E-state index is 11.6. The molecule has 0 aromatic carbocycles. The first-order valence-corrected chi connectivity index (χ1v) is 5.65. The predicted octanol–water partition coefficient (Wildman–Crippen LogP) is 0.108. The van der Waals surface area contributed by atoms with Crippen molar-refractivity contribution in [2.45, 2.75) is 38.1 Å². The summed E-state index contributed by atoms with van der Waals surface area (Å²) in [5.74, 6) is 0.193. The summed E-state index contributed by atoms with van der Waals surface area (Å²) in [5, 5.41) is 6.06. The molecule has 1 amide bonds. The molecule has 1 aliphatic heterocycles. The fourth-order valence-electron chi connectivity index (χ4n) is 2.25. The van der Waals surface area contributed by atoms with Gasteiger partial charge in [-0.1, -0.05) is 0 Å². The highest BCUT2D eigenvalue weighted by atomic mass is 16.7. The Labute approximate surface area is 96.9 Å². The van der Waals surface area contributed by atoms with Gasteiger partial charge in [-0.25, -0.2) is 0 Å². The van der Waals surface area contributed by atoms with Gasteiger partial charge in [0.15, 0.2) is 6.29 Å². The molecule has 1 rings (SSSR count). The molecule has 0 bridgehead atoms. The molecule has 0 radical (unpaired) electrons. The lowest BCUT2D eigenvalue weighted by Gasteiger charge is -2.25. The molecule has 1 heterocycles. The van der Waals surface area contributed by atoms with Crippen molar-refractivity contribution in [2.24, 2.45) is 5.92 Å². The average Bonchev–Trinajstić information content (AvgIpc) is 2.57. The van der Waals surface area contributed by atoms with Crippen molar-refractivity contribution in [1.82, 2.24) is 10.6 Å². The van der Waals surface area contributed by atoms with Crippen LogP contribution in [-0.2, 0) is 14.3 Å². The summed E-state index contributed by atoms with van der Waals surface area (Å²) in [5.41, 5.74) is 0. The first-order chi connectivity index (χ1) is 7.62. The highest BCUT2D eigenvalue weighted by Gasteiger charge is 2.33. The Bertz CT molecular complexity index is 231. The molecule has 5 heteroatoms. The summed E-state index contributed by atoms with van der Waals surface area (Å²) in [6, 6.07) is 0.314. The standard InChI is InChI=1S/C11H22N2O3/c1-7-5-8(10(14)13-7)6-9(12-2)11(15-3)16-4/h7-9,11-12H,5-6H2,1-4H3,(H,13,14)/t7-,8+,9+/m1/s1. The molecule has 94 valence electrons. The van der Waals surface area contributed by atoms with Crippen LogP contribution in [0.3, 0.4) is 0 Å². The van der Waals surface area contributed by atoms with E-state index >= 15 is 0 Å². The Morgan fingerprint density at radius 2 is 2.12 bits per heavy atom. The van der Waals surface area contributed by atoms with Crippen LogP contribution >= 0.6 is 0 Å². The number of rotatable bonds is 6. The molecule has 3 atom stereocenters. The molecule has 0 spiro atoms. The van der Waals surface area contributed by atoms with Crippen LogP contribution in [0.15, 0.2) is 0 Å². The molecule has 1 saturated heterocycles. The number of hydrogen-bond acceptors (Lipinski definition) is 4. The van der Waals surface area contributed by atoms with Crippen LogP contribution in [0.5, 0.6) is 0 Å². The third-order valence-electron chi connectivity index (χ3n) is 3.10. The normalized spacial score (nSPS) is 27.2. The summed E-state index contributed by atoms with van der Waals surface area (Å²) in [4.78, 5) is 11.6. The van der Waals surface area contributed by atoms with Gasteiger partial charge in [-0.3, -0.25) is 4.79 Å². The number of methoxy groups -OCH3 is 2. The molecule has 0 saturated carbocycles. The van der Waals surface area contributed by atoms with Gasteiger partial charge in [0.2, 0.25) is 5.91 Å². The van der Waals surface area contributed by atoms with E-state index in [2.05, 4.69) is 10.6 Å². The number of ether oxygens (including phenoxy) is 2. The first-order valence-electron chi connectivity index (χ1n) is 5.65. The number of amides is 1. The van der Waals surface area contributed by atoms with E-state index in [0.29, 0.717) is 0 Å². The van der Waals surface area contributed by atoms with Crippen LogP contribution in [0.2, 0.25) is 0 Å². The van der Waals surface area contributed by atoms with Crippen molar-refractivity contribution in [1.29, 1.82) is 0 Å². The molecule has 16 heavy (non-hydrogen) atoms. The smallest absolute Gasteiger partial charge is 0.223 e. The number of carbonyl (C=O) groups excluding carboxylic acids is 1. The highest BCUT2D eigenvalue weighted by molar-refractivity contribution is 5.81. The Morgan fingerprint density at radius 1 is 1.50 bits per heavy atom. The van der Waals surface area contributed by atoms with Gasteiger partial charge in [0, 0.05) is 26.2 Å². The molecule has 0 aromatic rings. The van der Waals surface area contributed by atoms with Gasteiger partial charge in [0.25, 0.3) is 0 Å². The number of nitrogens with one attached hydrogen (secondary N) is 2. The molecule has 0 aromatic heterocycles. The fraction of sp³-hybridized carbons (Fsp3) is 0.909. The Kier molecular flexibility index (Phi) is 5.18. The van der Waals surface area contributed by atoms with Gasteiger partial charge in [-0.2, -0.15) is 0 Å². The van der Waals surface area contributed by atoms with E-state index in [0.717, 1.165) is 12.8 Å². The highest BCUT2D eigenvalue weighted by Crippen LogP contribution is 2.22. The zero-order chi connectivity index (χ0) is 12.1. The van der Waals surface area contributed by atoms with Crippen LogP contribution in [0.4, 0.5) is 0 Å². The first kappa shape index (κ1) is 13.4. The lowest BCUT2D eigenvalue weighted by molar-refractivity contribution is -0.131. The summed E-state index contributed by atoms with van der Waals surface area (Å²) in [6.45, 7) is 2.02. The van der Waals surface area contributed by atoms with Crippen molar-refractivity contribution in [3.05, 3.63) is 0 Å². The summed E-state index contributed by atoms with van der Waals surface area (Å²) in [6.07, 6.45) is 1.31. The SMILES string of the molecule is CN[C@@H](C[C@@H]1C[C@@H](C)NC1=O)C(OC)OC. The van der Waals surface area contributed by atoms with Gasteiger partial charge in [0.05, 0.1) is 6.04 Å². The molecule has 0 unspecified atom stereocenters. The summed E-state index contributed by atoms with van der Waals surface area (Å²) >= 11 is 0. The molecular weight excluding hydrogens is 208 g/mol. The van der Waals surface area contributed by atoms with Crippen molar-refractivity contribution < 1.29 is 14.3 Å². The van der Waals surface area contributed by atoms with E-state index in [9.17, 15) is 4.79 Å². The second-order valence-corrected chi connectivity index (χ2v) is 4.31. The molecule has 5 nitrogen and oxygen atoms in total. The molecular formula is C11H22N2O3. The molecule has 0 aliphatic carbocycles. The molecule has 1 fully saturated rings. The van der Waals surface area contributed by atoms with Crippen LogP contribution in [0.25, 0.3) is 0 Å². The van der Waals surface area contributed by atoms with Gasteiger partial charge in [-0.05, 0) is 26.8 Å². The van der Waals surface area contributed by atoms with Gasteiger partial charge in [-0.15, -0.1) is 0 Å². The maximum atomic E-state index is 11.6. The van der Waals surface area contributed by atoms with Crippen molar-refractivity contribution in [2.75, 3.05) is 21.3 Å². The monoisotopic (exact) mass is 230 g/mol. The second kappa shape index (κ2) is 6.18. The van der Waals surface area contributed by atoms with Crippen LogP contribution in [0, 0.1) is 5.92 Å². The predicted molar refractivity (Wildman–Crippen MR) is 61.0 cm³/mol. The van der Waals surface area contributed by atoms with Gasteiger partial charge >= 0.3 is 0 Å². The van der Waals surface area contributed by atoms with Crippen LogP contribution in [-0.4, -0.2) is 45.5 Å². The third kappa shape index (κ3) is 3.17. The molecule has 2 N–H and O–H groups in total. The third-order valence-corrected chi connectivity index (χ3v) is 3.10. The van der Waals surface area contributed by atoms with E-state index < -0.39 is 0 Å².